The van der Waals surface area contributed by atoms with Crippen molar-refractivity contribution in [3.05, 3.63) is 36.0 Å². The SMILES string of the molecule is COc1ccc(-c2nc(SCc3nc(C(C)(C)C)no3)n[nH]2)cc1. The molecule has 3 rings (SSSR count). The van der Waals surface area contributed by atoms with Gasteiger partial charge < -0.3 is 9.26 Å². The van der Waals surface area contributed by atoms with Gasteiger partial charge >= 0.3 is 0 Å². The number of thioether (sulfide) groups is 1. The van der Waals surface area contributed by atoms with Crippen molar-refractivity contribution in [3.8, 4) is 17.1 Å². The number of hydrogen-bond acceptors (Lipinski definition) is 7. The quantitative estimate of drug-likeness (QED) is 0.708. The van der Waals surface area contributed by atoms with Gasteiger partial charge in [0.1, 0.15) is 5.75 Å². The molecule has 7 nitrogen and oxygen atoms in total. The van der Waals surface area contributed by atoms with Crippen LogP contribution in [0.4, 0.5) is 0 Å². The van der Waals surface area contributed by atoms with Crippen molar-refractivity contribution in [1.29, 1.82) is 0 Å². The molecule has 0 saturated heterocycles. The van der Waals surface area contributed by atoms with Gasteiger partial charge in [0.25, 0.3) is 0 Å². The summed E-state index contributed by atoms with van der Waals surface area (Å²) in [6.07, 6.45) is 0. The van der Waals surface area contributed by atoms with Crippen LogP contribution in [0.5, 0.6) is 5.75 Å². The van der Waals surface area contributed by atoms with Crippen LogP contribution in [-0.4, -0.2) is 32.4 Å². The van der Waals surface area contributed by atoms with Crippen LogP contribution in [0.25, 0.3) is 11.4 Å². The molecule has 0 aliphatic rings. The summed E-state index contributed by atoms with van der Waals surface area (Å²) in [6, 6.07) is 7.64. The van der Waals surface area contributed by atoms with E-state index in [2.05, 4.69) is 25.3 Å². The van der Waals surface area contributed by atoms with E-state index in [4.69, 9.17) is 9.26 Å². The molecular formula is C16H19N5O2S. The van der Waals surface area contributed by atoms with Gasteiger partial charge in [0.15, 0.2) is 11.6 Å². The standard InChI is InChI=1S/C16H19N5O2S/c1-16(2,3)14-17-12(23-21-14)9-24-15-18-13(19-20-15)10-5-7-11(22-4)8-6-10/h5-8H,9H2,1-4H3,(H,18,19,20). The van der Waals surface area contributed by atoms with E-state index in [0.29, 0.717) is 28.4 Å². The first-order chi connectivity index (χ1) is 11.5. The van der Waals surface area contributed by atoms with Crippen LogP contribution in [-0.2, 0) is 11.2 Å². The van der Waals surface area contributed by atoms with E-state index in [9.17, 15) is 0 Å². The molecule has 1 N–H and O–H groups in total. The summed E-state index contributed by atoms with van der Waals surface area (Å²) in [6.45, 7) is 6.14. The second-order valence-electron chi connectivity index (χ2n) is 6.25. The predicted molar refractivity (Wildman–Crippen MR) is 90.9 cm³/mol. The van der Waals surface area contributed by atoms with Gasteiger partial charge in [0, 0.05) is 11.0 Å². The first kappa shape index (κ1) is 16.5. The van der Waals surface area contributed by atoms with E-state index >= 15 is 0 Å². The Hall–Kier alpha value is -2.35. The van der Waals surface area contributed by atoms with Crippen molar-refractivity contribution in [2.45, 2.75) is 37.1 Å². The maximum Gasteiger partial charge on any atom is 0.237 e. The van der Waals surface area contributed by atoms with Gasteiger partial charge in [-0.05, 0) is 24.3 Å². The van der Waals surface area contributed by atoms with E-state index in [1.54, 1.807) is 7.11 Å². The number of aromatic amines is 1. The highest BCUT2D eigenvalue weighted by Crippen LogP contribution is 2.24. The molecule has 0 unspecified atom stereocenters. The number of H-pyrrole nitrogens is 1. The van der Waals surface area contributed by atoms with E-state index < -0.39 is 0 Å². The normalized spacial score (nSPS) is 11.7. The third-order valence-electron chi connectivity index (χ3n) is 3.29. The number of rotatable bonds is 5. The molecule has 0 fully saturated rings. The lowest BCUT2D eigenvalue weighted by Gasteiger charge is -2.10. The smallest absolute Gasteiger partial charge is 0.237 e. The van der Waals surface area contributed by atoms with Crippen LogP contribution in [0, 0.1) is 0 Å². The van der Waals surface area contributed by atoms with E-state index in [-0.39, 0.29) is 5.41 Å². The summed E-state index contributed by atoms with van der Waals surface area (Å²) in [7, 11) is 1.64. The molecule has 0 radical (unpaired) electrons. The zero-order chi connectivity index (χ0) is 17.2. The highest BCUT2D eigenvalue weighted by atomic mass is 32.2. The second-order valence-corrected chi connectivity index (χ2v) is 7.19. The number of benzene rings is 1. The van der Waals surface area contributed by atoms with Crippen LogP contribution >= 0.6 is 11.8 Å². The summed E-state index contributed by atoms with van der Waals surface area (Å²) in [5.41, 5.74) is 0.821. The van der Waals surface area contributed by atoms with Gasteiger partial charge in [-0.2, -0.15) is 4.98 Å². The Morgan fingerprint density at radius 2 is 1.92 bits per heavy atom. The minimum absolute atomic E-state index is 0.126. The van der Waals surface area contributed by atoms with Gasteiger partial charge in [-0.3, -0.25) is 5.10 Å². The molecule has 0 aliphatic heterocycles. The Labute approximate surface area is 144 Å². The van der Waals surface area contributed by atoms with Crippen molar-refractivity contribution in [3.63, 3.8) is 0 Å². The Morgan fingerprint density at radius 1 is 1.17 bits per heavy atom. The van der Waals surface area contributed by atoms with Crippen molar-refractivity contribution in [2.75, 3.05) is 7.11 Å². The third-order valence-corrected chi connectivity index (χ3v) is 4.12. The number of nitrogens with zero attached hydrogens (tertiary/aromatic N) is 4. The zero-order valence-electron chi connectivity index (χ0n) is 14.0. The molecular weight excluding hydrogens is 326 g/mol. The second kappa shape index (κ2) is 6.64. The zero-order valence-corrected chi connectivity index (χ0v) is 14.8. The summed E-state index contributed by atoms with van der Waals surface area (Å²) < 4.78 is 10.4. The fourth-order valence-electron chi connectivity index (χ4n) is 1.93. The highest BCUT2D eigenvalue weighted by Gasteiger charge is 2.21. The molecule has 0 aliphatic carbocycles. The average molecular weight is 345 g/mol. The molecule has 2 aromatic heterocycles. The Morgan fingerprint density at radius 3 is 2.54 bits per heavy atom. The minimum atomic E-state index is -0.126. The first-order valence-corrected chi connectivity index (χ1v) is 8.47. The van der Waals surface area contributed by atoms with Crippen molar-refractivity contribution in [2.24, 2.45) is 0 Å². The first-order valence-electron chi connectivity index (χ1n) is 7.48. The maximum atomic E-state index is 5.27. The topological polar surface area (TPSA) is 89.7 Å². The third kappa shape index (κ3) is 3.76. The van der Waals surface area contributed by atoms with Crippen LogP contribution in [0.15, 0.2) is 33.9 Å². The fourth-order valence-corrected chi connectivity index (χ4v) is 2.57. The van der Waals surface area contributed by atoms with Gasteiger partial charge in [0.05, 0.1) is 12.9 Å². The molecule has 2 heterocycles. The minimum Gasteiger partial charge on any atom is -0.497 e. The van der Waals surface area contributed by atoms with Crippen LogP contribution in [0.3, 0.4) is 0 Å². The lowest BCUT2D eigenvalue weighted by atomic mass is 9.96. The number of ether oxygens (including phenoxy) is 1. The maximum absolute atomic E-state index is 5.27. The van der Waals surface area contributed by atoms with Crippen molar-refractivity contribution >= 4 is 11.8 Å². The van der Waals surface area contributed by atoms with Crippen molar-refractivity contribution < 1.29 is 9.26 Å². The Balaban J connectivity index is 1.64. The lowest BCUT2D eigenvalue weighted by molar-refractivity contribution is 0.373. The number of hydrogen-bond donors (Lipinski definition) is 1. The van der Waals surface area contributed by atoms with Crippen LogP contribution < -0.4 is 4.74 Å². The van der Waals surface area contributed by atoms with Gasteiger partial charge in [-0.25, -0.2) is 4.98 Å². The van der Waals surface area contributed by atoms with Crippen molar-refractivity contribution in [1.82, 2.24) is 25.3 Å². The molecule has 0 atom stereocenters. The molecule has 0 bridgehead atoms. The molecule has 1 aromatic carbocycles. The van der Waals surface area contributed by atoms with E-state index in [0.717, 1.165) is 11.3 Å². The highest BCUT2D eigenvalue weighted by molar-refractivity contribution is 7.98. The van der Waals surface area contributed by atoms with Crippen LogP contribution in [0.2, 0.25) is 0 Å². The van der Waals surface area contributed by atoms with Gasteiger partial charge in [-0.15, -0.1) is 5.10 Å². The van der Waals surface area contributed by atoms with Gasteiger partial charge in [0.2, 0.25) is 11.0 Å². The number of nitrogens with one attached hydrogen (secondary N) is 1. The summed E-state index contributed by atoms with van der Waals surface area (Å²) in [4.78, 5) is 8.87. The van der Waals surface area contributed by atoms with E-state index in [1.807, 2.05) is 45.0 Å². The molecule has 0 saturated carbocycles. The molecule has 3 aromatic rings. The molecule has 24 heavy (non-hydrogen) atoms. The predicted octanol–water partition coefficient (Wildman–Crippen LogP) is 3.45. The Bertz CT molecular complexity index is 804. The molecule has 8 heteroatoms. The average Bonchev–Trinajstić information content (AvgIpc) is 3.22. The Kier molecular flexibility index (Phi) is 4.57. The summed E-state index contributed by atoms with van der Waals surface area (Å²) >= 11 is 1.45. The van der Waals surface area contributed by atoms with Gasteiger partial charge in [-0.1, -0.05) is 37.7 Å². The monoisotopic (exact) mass is 345 g/mol. The van der Waals surface area contributed by atoms with E-state index in [1.165, 1.54) is 11.8 Å². The summed E-state index contributed by atoms with van der Waals surface area (Å²) in [5, 5.41) is 11.8. The molecule has 0 spiro atoms. The van der Waals surface area contributed by atoms with Crippen LogP contribution in [0.1, 0.15) is 32.5 Å². The molecule has 126 valence electrons. The fraction of sp³-hybridized carbons (Fsp3) is 0.375. The number of aromatic nitrogens is 5. The lowest BCUT2D eigenvalue weighted by Crippen LogP contribution is -2.13. The largest absolute Gasteiger partial charge is 0.497 e. The number of methoxy groups -OCH3 is 1. The molecule has 0 amide bonds. The summed E-state index contributed by atoms with van der Waals surface area (Å²) in [5.74, 6) is 3.32.